The number of hydrogen-bond acceptors (Lipinski definition) is 0. The minimum atomic E-state index is -0.473. The Bertz CT molecular complexity index is 4770. The van der Waals surface area contributed by atoms with Gasteiger partial charge in [-0.15, -0.1) is 0 Å². The van der Waals surface area contributed by atoms with Gasteiger partial charge in [-0.05, 0) is 191 Å². The van der Waals surface area contributed by atoms with E-state index in [-0.39, 0.29) is 0 Å². The lowest BCUT2D eigenvalue weighted by molar-refractivity contribution is 0.794. The molecule has 0 radical (unpaired) electrons. The van der Waals surface area contributed by atoms with Crippen LogP contribution in [0.3, 0.4) is 0 Å². The summed E-state index contributed by atoms with van der Waals surface area (Å²) < 4.78 is 0. The van der Waals surface area contributed by atoms with Crippen LogP contribution in [0.2, 0.25) is 0 Å². The van der Waals surface area contributed by atoms with Crippen LogP contribution in [0.4, 0.5) is 0 Å². The molecule has 13 aromatic rings. The Morgan fingerprint density at radius 3 is 0.580 bits per heavy atom. The molecule has 0 saturated carbocycles. The smallest absolute Gasteiger partial charge is 0.0619 e. The van der Waals surface area contributed by atoms with Crippen LogP contribution in [0.15, 0.2) is 291 Å². The van der Waals surface area contributed by atoms with Crippen molar-refractivity contribution < 1.29 is 0 Å². The molecule has 0 atom stereocenters. The molecule has 3 spiro atoms. The lowest BCUT2D eigenvalue weighted by Crippen LogP contribution is -2.26. The number of hydrogen-bond donors (Lipinski definition) is 0. The lowest BCUT2D eigenvalue weighted by atomic mass is 9.70. The van der Waals surface area contributed by atoms with Crippen LogP contribution in [0, 0.1) is 0 Å². The molecular weight excluding hydrogens is 973 g/mol. The highest BCUT2D eigenvalue weighted by atomic mass is 14.6. The van der Waals surface area contributed by atoms with Crippen molar-refractivity contribution in [2.45, 2.75) is 16.2 Å². The van der Waals surface area contributed by atoms with Gasteiger partial charge in [0.15, 0.2) is 0 Å². The number of benzene rings is 13. The Morgan fingerprint density at radius 2 is 0.309 bits per heavy atom. The Hall–Kier alpha value is -10.1. The van der Waals surface area contributed by atoms with E-state index >= 15 is 0 Å². The highest BCUT2D eigenvalue weighted by molar-refractivity contribution is 6.01. The van der Waals surface area contributed by atoms with Gasteiger partial charge in [0.05, 0.1) is 16.2 Å². The molecule has 13 aromatic carbocycles. The summed E-state index contributed by atoms with van der Waals surface area (Å²) in [5.74, 6) is 0. The average molecular weight is 1020 g/mol. The van der Waals surface area contributed by atoms with Gasteiger partial charge >= 0.3 is 0 Å². The summed E-state index contributed by atoms with van der Waals surface area (Å²) in [6.07, 6.45) is 0. The Kier molecular flexibility index (Phi) is 8.42. The first-order chi connectivity index (χ1) is 40.2. The van der Waals surface area contributed by atoms with Crippen molar-refractivity contribution in [2.75, 3.05) is 0 Å². The molecule has 0 heteroatoms. The standard InChI is InChI=1S/C81H48/c1-10-28-67-54(19-1)55-20-2-11-29-68(55)79(67)73-34-16-7-25-60(73)63-42-38-50(46-76(63)79)49-37-41-53(51-39-43-64-61-26-8-17-35-74(61)80(77(64)47-51)69-30-12-3-21-56(69)57-22-4-13-31-70(57)80)66(45-49)52-40-44-65-62-27-9-18-36-75(62)81(78(65)48-52)71-32-14-5-23-58(71)59-24-6-15-33-72(59)81/h1-48H. The summed E-state index contributed by atoms with van der Waals surface area (Å²) in [6.45, 7) is 0. The van der Waals surface area contributed by atoms with E-state index < -0.39 is 16.2 Å². The quantitative estimate of drug-likeness (QED) is 0.165. The van der Waals surface area contributed by atoms with Gasteiger partial charge in [-0.3, -0.25) is 0 Å². The van der Waals surface area contributed by atoms with Crippen LogP contribution in [0.5, 0.6) is 0 Å². The molecule has 81 heavy (non-hydrogen) atoms. The van der Waals surface area contributed by atoms with Crippen LogP contribution in [0.25, 0.3) is 100 Å². The zero-order chi connectivity index (χ0) is 52.8. The molecule has 372 valence electrons. The highest BCUT2D eigenvalue weighted by Gasteiger charge is 2.54. The van der Waals surface area contributed by atoms with E-state index in [0.29, 0.717) is 0 Å². The van der Waals surface area contributed by atoms with Gasteiger partial charge in [-0.1, -0.05) is 267 Å². The van der Waals surface area contributed by atoms with Crippen LogP contribution in [-0.2, 0) is 16.2 Å². The summed E-state index contributed by atoms with van der Waals surface area (Å²) in [5.41, 5.74) is 37.9. The van der Waals surface area contributed by atoms with E-state index in [1.54, 1.807) is 0 Å². The first-order valence-electron chi connectivity index (χ1n) is 28.6. The van der Waals surface area contributed by atoms with Crippen LogP contribution >= 0.6 is 0 Å². The van der Waals surface area contributed by atoms with Gasteiger partial charge in [-0.2, -0.15) is 0 Å². The van der Waals surface area contributed by atoms with Crippen LogP contribution < -0.4 is 0 Å². The maximum Gasteiger partial charge on any atom is 0.0725 e. The summed E-state index contributed by atoms with van der Waals surface area (Å²) >= 11 is 0. The van der Waals surface area contributed by atoms with E-state index in [4.69, 9.17) is 0 Å². The first kappa shape index (κ1) is 43.8. The van der Waals surface area contributed by atoms with E-state index in [1.807, 2.05) is 0 Å². The summed E-state index contributed by atoms with van der Waals surface area (Å²) in [6, 6.07) is 112. The second-order valence-electron chi connectivity index (χ2n) is 23.2. The molecule has 0 aliphatic heterocycles. The fourth-order valence-electron chi connectivity index (χ4n) is 17.0. The third-order valence-electron chi connectivity index (χ3n) is 20.0. The molecule has 6 aliphatic carbocycles. The Morgan fingerprint density at radius 1 is 0.123 bits per heavy atom. The third kappa shape index (κ3) is 5.19. The molecule has 6 aliphatic rings. The van der Waals surface area contributed by atoms with Gasteiger partial charge in [0.25, 0.3) is 0 Å². The summed E-state index contributed by atoms with van der Waals surface area (Å²) in [4.78, 5) is 0. The molecule has 0 nitrogen and oxygen atoms in total. The Labute approximate surface area is 471 Å². The van der Waals surface area contributed by atoms with Crippen molar-refractivity contribution in [2.24, 2.45) is 0 Å². The van der Waals surface area contributed by atoms with Gasteiger partial charge in [0, 0.05) is 0 Å². The van der Waals surface area contributed by atoms with Gasteiger partial charge in [0.1, 0.15) is 0 Å². The van der Waals surface area contributed by atoms with Gasteiger partial charge < -0.3 is 0 Å². The predicted octanol–water partition coefficient (Wildman–Crippen LogP) is 19.7. The van der Waals surface area contributed by atoms with E-state index in [0.717, 1.165) is 0 Å². The van der Waals surface area contributed by atoms with E-state index in [2.05, 4.69) is 291 Å². The summed E-state index contributed by atoms with van der Waals surface area (Å²) in [5, 5.41) is 0. The fraction of sp³-hybridized carbons (Fsp3) is 0.0370. The fourth-order valence-corrected chi connectivity index (χ4v) is 17.0. The van der Waals surface area contributed by atoms with Crippen molar-refractivity contribution in [3.05, 3.63) is 358 Å². The van der Waals surface area contributed by atoms with Crippen molar-refractivity contribution >= 4 is 0 Å². The number of rotatable bonds is 3. The average Bonchev–Trinajstić information content (AvgIpc) is 1.78. The molecule has 0 fully saturated rings. The molecule has 0 saturated heterocycles. The first-order valence-corrected chi connectivity index (χ1v) is 28.6. The van der Waals surface area contributed by atoms with E-state index in [9.17, 15) is 0 Å². The predicted molar refractivity (Wildman–Crippen MR) is 332 cm³/mol. The topological polar surface area (TPSA) is 0 Å². The largest absolute Gasteiger partial charge is 0.0725 e. The van der Waals surface area contributed by atoms with E-state index in [1.165, 1.54) is 167 Å². The molecule has 0 unspecified atom stereocenters. The lowest BCUT2D eigenvalue weighted by Gasteiger charge is -2.31. The Balaban J connectivity index is 0.870. The van der Waals surface area contributed by atoms with Crippen LogP contribution in [-0.4, -0.2) is 0 Å². The maximum atomic E-state index is 2.58. The summed E-state index contributed by atoms with van der Waals surface area (Å²) in [7, 11) is 0. The highest BCUT2D eigenvalue weighted by Crippen LogP contribution is 2.67. The minimum absolute atomic E-state index is 0.440. The molecular formula is C81H48. The zero-order valence-electron chi connectivity index (χ0n) is 44.2. The van der Waals surface area contributed by atoms with Gasteiger partial charge in [-0.25, -0.2) is 0 Å². The van der Waals surface area contributed by atoms with Crippen molar-refractivity contribution in [1.29, 1.82) is 0 Å². The minimum Gasteiger partial charge on any atom is -0.0619 e. The second kappa shape index (κ2) is 15.6. The van der Waals surface area contributed by atoms with Crippen LogP contribution in [0.1, 0.15) is 66.8 Å². The van der Waals surface area contributed by atoms with Crippen molar-refractivity contribution in [1.82, 2.24) is 0 Å². The molecule has 0 aromatic heterocycles. The molecule has 0 bridgehead atoms. The number of fused-ring (bicyclic) bond motifs is 30. The van der Waals surface area contributed by atoms with Crippen molar-refractivity contribution in [3.63, 3.8) is 0 Å². The third-order valence-corrected chi connectivity index (χ3v) is 20.0. The molecule has 0 amide bonds. The van der Waals surface area contributed by atoms with Gasteiger partial charge in [0.2, 0.25) is 0 Å². The maximum absolute atomic E-state index is 2.58. The van der Waals surface area contributed by atoms with Crippen molar-refractivity contribution in [3.8, 4) is 100 Å². The SMILES string of the molecule is c1ccc2c(c1)-c1ccccc1C21c2ccccc2-c2ccc(-c3ccc(-c4ccc5c(c4)C4(c6ccccc6-c6ccccc64)c4ccccc4-5)c(-c4ccc5c(c4)C4(c6ccccc6-c6ccccc64)c4ccccc4-5)c3)cc21. The second-order valence-corrected chi connectivity index (χ2v) is 23.2. The molecule has 0 heterocycles. The molecule has 19 rings (SSSR count). The molecule has 0 N–H and O–H groups in total. The normalized spacial score (nSPS) is 15.0. The monoisotopic (exact) mass is 1020 g/mol. The zero-order valence-corrected chi connectivity index (χ0v) is 44.2.